The minimum Gasteiger partial charge on any atom is -0.355 e. The lowest BCUT2D eigenvalue weighted by Gasteiger charge is -2.32. The van der Waals surface area contributed by atoms with E-state index in [9.17, 15) is 28.1 Å². The van der Waals surface area contributed by atoms with E-state index < -0.39 is 39.3 Å². The van der Waals surface area contributed by atoms with Gasteiger partial charge in [0.1, 0.15) is 12.6 Å². The number of likely N-dealkylation sites (N-methyl/N-ethyl adjacent to an activating group) is 1. The highest BCUT2D eigenvalue weighted by Gasteiger charge is 2.32. The van der Waals surface area contributed by atoms with E-state index in [1.54, 1.807) is 56.3 Å². The number of anilines is 1. The number of benzene rings is 3. The zero-order valence-corrected chi connectivity index (χ0v) is 22.4. The van der Waals surface area contributed by atoms with Crippen molar-refractivity contribution in [1.29, 1.82) is 0 Å². The molecule has 0 bridgehead atoms. The minimum atomic E-state index is -4.26. The van der Waals surface area contributed by atoms with Gasteiger partial charge in [0.25, 0.3) is 15.7 Å². The third-order valence-corrected chi connectivity index (χ3v) is 7.74. The first-order chi connectivity index (χ1) is 18.0. The highest BCUT2D eigenvalue weighted by molar-refractivity contribution is 7.92. The summed E-state index contributed by atoms with van der Waals surface area (Å²) in [6.45, 7) is 2.99. The van der Waals surface area contributed by atoms with Crippen molar-refractivity contribution < 1.29 is 22.9 Å². The maximum atomic E-state index is 13.7. The Hall–Kier alpha value is -3.96. The average molecular weight is 559 g/mol. The molecule has 0 radical (unpaired) electrons. The molecule has 3 aromatic carbocycles. The quantitative estimate of drug-likeness (QED) is 0.280. The molecule has 200 valence electrons. The smallest absolute Gasteiger partial charge is 0.269 e. The van der Waals surface area contributed by atoms with Gasteiger partial charge in [-0.2, -0.15) is 0 Å². The highest BCUT2D eigenvalue weighted by atomic mass is 35.5. The largest absolute Gasteiger partial charge is 0.355 e. The van der Waals surface area contributed by atoms with Gasteiger partial charge >= 0.3 is 0 Å². The van der Waals surface area contributed by atoms with E-state index in [4.69, 9.17) is 11.6 Å². The summed E-state index contributed by atoms with van der Waals surface area (Å²) in [7, 11) is -4.26. The highest BCUT2D eigenvalue weighted by Crippen LogP contribution is 2.26. The summed E-state index contributed by atoms with van der Waals surface area (Å²) in [6, 6.07) is 18.2. The Labute approximate surface area is 226 Å². The maximum absolute atomic E-state index is 13.7. The van der Waals surface area contributed by atoms with Crippen LogP contribution in [0, 0.1) is 10.1 Å². The van der Waals surface area contributed by atoms with E-state index in [1.807, 2.05) is 0 Å². The number of amides is 2. The number of carbonyl (C=O) groups excluding carboxylic acids is 2. The fourth-order valence-electron chi connectivity index (χ4n) is 3.73. The van der Waals surface area contributed by atoms with Crippen molar-refractivity contribution in [2.45, 2.75) is 31.3 Å². The number of sulfonamides is 1. The van der Waals surface area contributed by atoms with Crippen LogP contribution < -0.4 is 9.62 Å². The zero-order chi connectivity index (χ0) is 27.9. The van der Waals surface area contributed by atoms with E-state index in [0.29, 0.717) is 17.1 Å². The van der Waals surface area contributed by atoms with Crippen LogP contribution in [-0.2, 0) is 26.2 Å². The van der Waals surface area contributed by atoms with Gasteiger partial charge in [0.15, 0.2) is 0 Å². The van der Waals surface area contributed by atoms with E-state index in [2.05, 4.69) is 5.32 Å². The van der Waals surface area contributed by atoms with Crippen LogP contribution in [0.4, 0.5) is 11.4 Å². The number of halogens is 1. The van der Waals surface area contributed by atoms with E-state index in [-0.39, 0.29) is 22.8 Å². The summed E-state index contributed by atoms with van der Waals surface area (Å²) in [5.41, 5.74) is 0.473. The molecule has 10 nitrogen and oxygen atoms in total. The second kappa shape index (κ2) is 12.5. The van der Waals surface area contributed by atoms with Gasteiger partial charge in [-0.25, -0.2) is 8.42 Å². The molecule has 1 atom stereocenters. The van der Waals surface area contributed by atoms with Gasteiger partial charge in [0.05, 0.1) is 15.5 Å². The molecule has 3 rings (SSSR count). The average Bonchev–Trinajstić information content (AvgIpc) is 2.90. The molecule has 0 aliphatic heterocycles. The van der Waals surface area contributed by atoms with E-state index in [0.717, 1.165) is 16.4 Å². The van der Waals surface area contributed by atoms with Crippen molar-refractivity contribution in [1.82, 2.24) is 10.2 Å². The number of hydrogen-bond donors (Lipinski definition) is 1. The number of nitrogens with zero attached hydrogens (tertiary/aromatic N) is 3. The summed E-state index contributed by atoms with van der Waals surface area (Å²) in [5, 5.41) is 14.2. The van der Waals surface area contributed by atoms with Crippen LogP contribution in [0.3, 0.4) is 0 Å². The topological polar surface area (TPSA) is 130 Å². The fourth-order valence-corrected chi connectivity index (χ4v) is 5.37. The summed E-state index contributed by atoms with van der Waals surface area (Å²) in [6.07, 6.45) is 0. The van der Waals surface area contributed by atoms with Gasteiger partial charge in [-0.1, -0.05) is 41.9 Å². The lowest BCUT2D eigenvalue weighted by molar-refractivity contribution is -0.384. The molecule has 2 amide bonds. The molecule has 0 saturated heterocycles. The van der Waals surface area contributed by atoms with Gasteiger partial charge in [-0.3, -0.25) is 24.0 Å². The second-order valence-corrected chi connectivity index (χ2v) is 10.6. The molecular formula is C26H27ClN4O6S. The summed E-state index contributed by atoms with van der Waals surface area (Å²) >= 11 is 6.11. The number of non-ortho nitro benzene ring substituents is 1. The van der Waals surface area contributed by atoms with Crippen molar-refractivity contribution in [3.63, 3.8) is 0 Å². The SMILES string of the molecule is CCNC(=O)[C@@H](C)N(Cc1cccc(Cl)c1)C(=O)CN(c1ccc([N+](=O)[O-])cc1)S(=O)(=O)c1ccccc1. The lowest BCUT2D eigenvalue weighted by atomic mass is 10.1. The number of nitrogens with one attached hydrogen (secondary N) is 1. The Morgan fingerprint density at radius 1 is 1.03 bits per heavy atom. The molecule has 0 aliphatic rings. The Kier molecular flexibility index (Phi) is 9.43. The lowest BCUT2D eigenvalue weighted by Crippen LogP contribution is -2.51. The first kappa shape index (κ1) is 28.6. The summed E-state index contributed by atoms with van der Waals surface area (Å²) < 4.78 is 28.2. The third kappa shape index (κ3) is 6.87. The number of hydrogen-bond acceptors (Lipinski definition) is 6. The van der Waals surface area contributed by atoms with Crippen LogP contribution in [0.2, 0.25) is 5.02 Å². The molecule has 0 aliphatic carbocycles. The summed E-state index contributed by atoms with van der Waals surface area (Å²) in [5.74, 6) is -1.06. The predicted molar refractivity (Wildman–Crippen MR) is 144 cm³/mol. The normalized spacial score (nSPS) is 11.9. The number of nitro benzene ring substituents is 1. The first-order valence-electron chi connectivity index (χ1n) is 11.7. The third-order valence-electron chi connectivity index (χ3n) is 5.72. The van der Waals surface area contributed by atoms with Gasteiger partial charge in [0.2, 0.25) is 11.8 Å². The van der Waals surface area contributed by atoms with E-state index >= 15 is 0 Å². The first-order valence-corrected chi connectivity index (χ1v) is 13.5. The molecule has 0 fully saturated rings. The van der Waals surface area contributed by atoms with Crippen molar-refractivity contribution >= 4 is 44.8 Å². The van der Waals surface area contributed by atoms with Crippen LogP contribution in [0.25, 0.3) is 0 Å². The predicted octanol–water partition coefficient (Wildman–Crippen LogP) is 4.00. The van der Waals surface area contributed by atoms with Crippen LogP contribution >= 0.6 is 11.6 Å². The Bertz CT molecular complexity index is 1400. The Morgan fingerprint density at radius 3 is 2.26 bits per heavy atom. The maximum Gasteiger partial charge on any atom is 0.269 e. The Balaban J connectivity index is 2.04. The van der Waals surface area contributed by atoms with Crippen LogP contribution in [0.1, 0.15) is 19.4 Å². The molecule has 12 heteroatoms. The number of carbonyl (C=O) groups is 2. The van der Waals surface area contributed by atoms with Crippen molar-refractivity contribution in [3.05, 3.63) is 99.6 Å². The van der Waals surface area contributed by atoms with Gasteiger partial charge in [-0.05, 0) is 55.8 Å². The Morgan fingerprint density at radius 2 is 1.68 bits per heavy atom. The van der Waals surface area contributed by atoms with Crippen LogP contribution in [0.5, 0.6) is 0 Å². The monoisotopic (exact) mass is 558 g/mol. The molecule has 0 spiro atoms. The molecule has 0 saturated carbocycles. The molecule has 3 aromatic rings. The number of rotatable bonds is 11. The molecule has 1 N–H and O–H groups in total. The van der Waals surface area contributed by atoms with Gasteiger partial charge in [-0.15, -0.1) is 0 Å². The van der Waals surface area contributed by atoms with Crippen LogP contribution in [-0.4, -0.2) is 49.2 Å². The molecule has 38 heavy (non-hydrogen) atoms. The molecule has 0 unspecified atom stereocenters. The summed E-state index contributed by atoms with van der Waals surface area (Å²) in [4.78, 5) is 38.1. The van der Waals surface area contributed by atoms with Crippen molar-refractivity contribution in [2.75, 3.05) is 17.4 Å². The second-order valence-electron chi connectivity index (χ2n) is 8.32. The molecule has 0 heterocycles. The molecule has 0 aromatic heterocycles. The van der Waals surface area contributed by atoms with Crippen molar-refractivity contribution in [2.24, 2.45) is 0 Å². The van der Waals surface area contributed by atoms with Crippen LogP contribution in [0.15, 0.2) is 83.8 Å². The van der Waals surface area contributed by atoms with E-state index in [1.165, 1.54) is 29.2 Å². The van der Waals surface area contributed by atoms with Gasteiger partial charge < -0.3 is 10.2 Å². The molecular weight excluding hydrogens is 532 g/mol. The standard InChI is InChI=1S/C26H27ClN4O6S/c1-3-28-26(33)19(2)29(17-20-8-7-9-21(27)16-20)25(32)18-30(22-12-14-23(15-13-22)31(34)35)38(36,37)24-10-5-4-6-11-24/h4-16,19H,3,17-18H2,1-2H3,(H,28,33)/t19-/m1/s1. The van der Waals surface area contributed by atoms with Crippen molar-refractivity contribution in [3.8, 4) is 0 Å². The minimum absolute atomic E-state index is 0.00280. The fraction of sp³-hybridized carbons (Fsp3) is 0.231. The number of nitro groups is 1. The zero-order valence-electron chi connectivity index (χ0n) is 20.8. The van der Waals surface area contributed by atoms with Gasteiger partial charge in [0, 0.05) is 30.2 Å².